The topological polar surface area (TPSA) is 96.2 Å². The molecule has 0 radical (unpaired) electrons. The first-order valence-electron chi connectivity index (χ1n) is 13.6. The van der Waals surface area contributed by atoms with Gasteiger partial charge in [0, 0.05) is 38.2 Å². The summed E-state index contributed by atoms with van der Waals surface area (Å²) < 4.78 is 29.0. The summed E-state index contributed by atoms with van der Waals surface area (Å²) in [4.78, 5) is 24.0. The van der Waals surface area contributed by atoms with Crippen LogP contribution in [0.2, 0.25) is 0 Å². The highest BCUT2D eigenvalue weighted by Crippen LogP contribution is 2.38. The smallest absolute Gasteiger partial charge is 0.243 e. The van der Waals surface area contributed by atoms with E-state index in [0.717, 1.165) is 22.9 Å². The predicted octanol–water partition coefficient (Wildman–Crippen LogP) is 4.20. The highest BCUT2D eigenvalue weighted by molar-refractivity contribution is 5.75. The number of hydrogen-bond donors (Lipinski definition) is 3. The molecule has 0 saturated heterocycles. The van der Waals surface area contributed by atoms with Crippen LogP contribution < -0.4 is 10.6 Å². The Morgan fingerprint density at radius 1 is 1.12 bits per heavy atom. The Hall–Kier alpha value is -3.43. The number of aromatic nitrogens is 2. The molecule has 1 aromatic heterocycles. The number of aryl methyl sites for hydroxylation is 1. The number of rotatable bonds is 8. The van der Waals surface area contributed by atoms with Crippen LogP contribution in [0.15, 0.2) is 48.7 Å². The molecule has 3 atom stereocenters. The Morgan fingerprint density at radius 3 is 2.45 bits per heavy atom. The van der Waals surface area contributed by atoms with Crippen LogP contribution in [0.1, 0.15) is 73.8 Å². The minimum absolute atomic E-state index is 0.0547. The van der Waals surface area contributed by atoms with E-state index in [4.69, 9.17) is 0 Å². The second-order valence-corrected chi connectivity index (χ2v) is 11.9. The molecule has 214 valence electrons. The number of nitrogens with one attached hydrogen (secondary N) is 2. The van der Waals surface area contributed by atoms with E-state index in [1.165, 1.54) is 36.2 Å². The van der Waals surface area contributed by atoms with Gasteiger partial charge in [-0.1, -0.05) is 45.0 Å². The van der Waals surface area contributed by atoms with Crippen molar-refractivity contribution in [3.63, 3.8) is 0 Å². The van der Waals surface area contributed by atoms with E-state index in [9.17, 15) is 23.5 Å². The Labute approximate surface area is 234 Å². The van der Waals surface area contributed by atoms with Gasteiger partial charge in [-0.15, -0.1) is 0 Å². The van der Waals surface area contributed by atoms with Crippen LogP contribution in [0.4, 0.5) is 8.78 Å². The average molecular weight is 553 g/mol. The van der Waals surface area contributed by atoms with Gasteiger partial charge in [-0.2, -0.15) is 5.10 Å². The highest BCUT2D eigenvalue weighted by Gasteiger charge is 2.39. The number of fused-ring (bicyclic) bond motifs is 1. The summed E-state index contributed by atoms with van der Waals surface area (Å²) >= 11 is 0. The largest absolute Gasteiger partial charge is 0.390 e. The van der Waals surface area contributed by atoms with Gasteiger partial charge in [-0.05, 0) is 65.5 Å². The monoisotopic (exact) mass is 552 g/mol. The first-order chi connectivity index (χ1) is 18.8. The van der Waals surface area contributed by atoms with Gasteiger partial charge >= 0.3 is 0 Å². The Morgan fingerprint density at radius 2 is 1.82 bits per heavy atom. The van der Waals surface area contributed by atoms with Gasteiger partial charge in [0.05, 0.1) is 17.8 Å². The molecule has 2 aromatic carbocycles. The molecule has 0 saturated carbocycles. The van der Waals surface area contributed by atoms with E-state index in [2.05, 4.69) is 54.7 Å². The number of nitrogens with zero attached hydrogens (tertiary/aromatic N) is 2. The summed E-state index contributed by atoms with van der Waals surface area (Å²) in [5.74, 6) is -1.95. The quantitative estimate of drug-likeness (QED) is 0.389. The number of carbonyl (C=O) groups excluding carboxylic acids is 2. The van der Waals surface area contributed by atoms with Crippen LogP contribution >= 0.6 is 0 Å². The van der Waals surface area contributed by atoms with Gasteiger partial charge in [0.1, 0.15) is 11.6 Å². The van der Waals surface area contributed by atoms with Gasteiger partial charge in [0.25, 0.3) is 0 Å². The number of aliphatic hydroxyl groups excluding tert-OH is 1. The van der Waals surface area contributed by atoms with E-state index >= 15 is 0 Å². The van der Waals surface area contributed by atoms with E-state index in [0.29, 0.717) is 24.8 Å². The zero-order valence-electron chi connectivity index (χ0n) is 23.7. The molecule has 1 aliphatic carbocycles. The molecule has 7 nitrogen and oxygen atoms in total. The molecule has 3 unspecified atom stereocenters. The van der Waals surface area contributed by atoms with Crippen LogP contribution in [0.25, 0.3) is 0 Å². The number of benzene rings is 2. The van der Waals surface area contributed by atoms with E-state index in [-0.39, 0.29) is 30.2 Å². The Kier molecular flexibility index (Phi) is 8.56. The maximum Gasteiger partial charge on any atom is 0.243 e. The zero-order valence-corrected chi connectivity index (χ0v) is 23.7. The van der Waals surface area contributed by atoms with Crippen molar-refractivity contribution < 1.29 is 23.5 Å². The summed E-state index contributed by atoms with van der Waals surface area (Å²) in [7, 11) is 0. The maximum atomic E-state index is 13.8. The first-order valence-corrected chi connectivity index (χ1v) is 13.6. The van der Waals surface area contributed by atoms with Gasteiger partial charge in [0.15, 0.2) is 0 Å². The third kappa shape index (κ3) is 6.82. The fourth-order valence-corrected chi connectivity index (χ4v) is 5.46. The van der Waals surface area contributed by atoms with Crippen molar-refractivity contribution in [2.45, 2.75) is 83.4 Å². The van der Waals surface area contributed by atoms with Crippen LogP contribution in [0, 0.1) is 11.6 Å². The molecule has 1 aliphatic rings. The number of halogens is 2. The van der Waals surface area contributed by atoms with E-state index in [1.54, 1.807) is 6.20 Å². The number of carbonyl (C=O) groups is 2. The molecule has 3 aromatic rings. The van der Waals surface area contributed by atoms with Crippen molar-refractivity contribution >= 4 is 11.8 Å². The first kappa shape index (κ1) is 29.6. The molecule has 0 spiro atoms. The summed E-state index contributed by atoms with van der Waals surface area (Å²) in [5.41, 5.74) is 3.74. The molecular weight excluding hydrogens is 514 g/mol. The molecule has 0 bridgehead atoms. The van der Waals surface area contributed by atoms with Crippen molar-refractivity contribution in [2.75, 3.05) is 6.54 Å². The summed E-state index contributed by atoms with van der Waals surface area (Å²) in [6.07, 6.45) is 2.63. The van der Waals surface area contributed by atoms with Gasteiger partial charge < -0.3 is 15.7 Å². The Bertz CT molecular complexity index is 1380. The molecule has 4 rings (SSSR count). The number of amides is 1. The molecule has 3 N–H and O–H groups in total. The third-order valence-corrected chi connectivity index (χ3v) is 7.64. The third-order valence-electron chi connectivity index (χ3n) is 7.64. The minimum atomic E-state index is -1.06. The molecule has 1 amide bonds. The van der Waals surface area contributed by atoms with Crippen molar-refractivity contribution in [3.8, 4) is 0 Å². The SMILES string of the molecule is CC(=O)NC(Cc1cc(F)cc(F)c1)C(O)CNC1(c2cccc(C(C)(C)C)c2)CCc2nn(C(C)=O)cc2C1. The lowest BCUT2D eigenvalue weighted by Gasteiger charge is -2.40. The standard InChI is InChI=1S/C31H38F2N4O3/c1-19(38)35-28(13-21-11-25(32)15-26(33)12-21)29(40)17-34-31(24-8-6-7-23(14-24)30(3,4)5)10-9-27-22(16-31)18-37(36-27)20(2)39/h6-8,11-12,14-15,18,28-29,34,40H,9-10,13,16-17H2,1-5H3,(H,35,38). The lowest BCUT2D eigenvalue weighted by molar-refractivity contribution is -0.120. The number of hydrogen-bond acceptors (Lipinski definition) is 5. The fourth-order valence-electron chi connectivity index (χ4n) is 5.46. The second-order valence-electron chi connectivity index (χ2n) is 11.9. The highest BCUT2D eigenvalue weighted by atomic mass is 19.1. The van der Waals surface area contributed by atoms with Crippen molar-refractivity contribution in [3.05, 3.63) is 88.2 Å². The molecule has 0 fully saturated rings. The minimum Gasteiger partial charge on any atom is -0.390 e. The average Bonchev–Trinajstić information content (AvgIpc) is 3.29. The van der Waals surface area contributed by atoms with Crippen molar-refractivity contribution in [1.82, 2.24) is 20.4 Å². The molecule has 40 heavy (non-hydrogen) atoms. The van der Waals surface area contributed by atoms with E-state index in [1.807, 2.05) is 6.07 Å². The summed E-state index contributed by atoms with van der Waals surface area (Å²) in [6.45, 7) is 9.38. The Balaban J connectivity index is 1.64. The van der Waals surface area contributed by atoms with Crippen LogP contribution in [0.5, 0.6) is 0 Å². The normalized spacial score (nSPS) is 18.6. The van der Waals surface area contributed by atoms with Gasteiger partial charge in [-0.3, -0.25) is 9.59 Å². The lowest BCUT2D eigenvalue weighted by Crippen LogP contribution is -2.54. The van der Waals surface area contributed by atoms with Crippen LogP contribution in [-0.4, -0.2) is 45.4 Å². The lowest BCUT2D eigenvalue weighted by atomic mass is 9.74. The fraction of sp³-hybridized carbons (Fsp3) is 0.452. The summed E-state index contributed by atoms with van der Waals surface area (Å²) in [6, 6.07) is 10.8. The molecule has 0 aliphatic heterocycles. The predicted molar refractivity (Wildman–Crippen MR) is 149 cm³/mol. The van der Waals surface area contributed by atoms with Crippen LogP contribution in [-0.2, 0) is 35.0 Å². The zero-order chi connectivity index (χ0) is 29.2. The van der Waals surface area contributed by atoms with E-state index < -0.39 is 29.3 Å². The van der Waals surface area contributed by atoms with Gasteiger partial charge in [-0.25, -0.2) is 13.5 Å². The number of aliphatic hydroxyl groups is 1. The van der Waals surface area contributed by atoms with Crippen molar-refractivity contribution in [1.29, 1.82) is 0 Å². The van der Waals surface area contributed by atoms with Gasteiger partial charge in [0.2, 0.25) is 11.8 Å². The maximum absolute atomic E-state index is 13.8. The molecule has 9 heteroatoms. The molecular formula is C31H38F2N4O3. The molecule has 1 heterocycles. The summed E-state index contributed by atoms with van der Waals surface area (Å²) in [5, 5.41) is 22.1. The van der Waals surface area contributed by atoms with Crippen molar-refractivity contribution in [2.24, 2.45) is 0 Å². The second kappa shape index (κ2) is 11.6. The van der Waals surface area contributed by atoms with Crippen LogP contribution in [0.3, 0.4) is 0 Å².